The second-order valence-electron chi connectivity index (χ2n) is 4.66. The number of rotatable bonds is 7. The minimum atomic E-state index is 0.644. The molecule has 21 heavy (non-hydrogen) atoms. The molecule has 4 nitrogen and oxygen atoms in total. The van der Waals surface area contributed by atoms with Crippen molar-refractivity contribution in [1.29, 1.82) is 0 Å². The molecule has 0 amide bonds. The van der Waals surface area contributed by atoms with Crippen molar-refractivity contribution < 1.29 is 9.47 Å². The summed E-state index contributed by atoms with van der Waals surface area (Å²) in [5.41, 5.74) is 1.99. The molecular weight excluding hydrogens is 288 g/mol. The number of methoxy groups -OCH3 is 1. The van der Waals surface area contributed by atoms with Gasteiger partial charge >= 0.3 is 0 Å². The van der Waals surface area contributed by atoms with E-state index in [9.17, 15) is 0 Å². The molecule has 0 aliphatic heterocycles. The van der Waals surface area contributed by atoms with Crippen molar-refractivity contribution >= 4 is 11.6 Å². The van der Waals surface area contributed by atoms with Gasteiger partial charge in [-0.3, -0.25) is 4.98 Å². The van der Waals surface area contributed by atoms with Crippen LogP contribution in [0.5, 0.6) is 11.5 Å². The van der Waals surface area contributed by atoms with E-state index in [1.54, 1.807) is 13.3 Å². The molecule has 0 atom stereocenters. The van der Waals surface area contributed by atoms with E-state index in [0.717, 1.165) is 23.6 Å². The highest BCUT2D eigenvalue weighted by molar-refractivity contribution is 6.30. The Labute approximate surface area is 130 Å². The lowest BCUT2D eigenvalue weighted by Crippen LogP contribution is -2.18. The molecule has 1 heterocycles. The first-order valence-electron chi connectivity index (χ1n) is 6.77. The lowest BCUT2D eigenvalue weighted by atomic mass is 10.2. The fourth-order valence-electron chi connectivity index (χ4n) is 1.81. The summed E-state index contributed by atoms with van der Waals surface area (Å²) in [6.45, 7) is 4.08. The van der Waals surface area contributed by atoms with Gasteiger partial charge in [0, 0.05) is 36.5 Å². The average molecular weight is 307 g/mol. The monoisotopic (exact) mass is 306 g/mol. The van der Waals surface area contributed by atoms with Crippen molar-refractivity contribution in [3.05, 3.63) is 52.8 Å². The van der Waals surface area contributed by atoms with E-state index in [1.165, 1.54) is 0 Å². The van der Waals surface area contributed by atoms with E-state index >= 15 is 0 Å². The Morgan fingerprint density at radius 2 is 2.10 bits per heavy atom. The molecule has 0 spiro atoms. The molecule has 0 saturated heterocycles. The van der Waals surface area contributed by atoms with Crippen molar-refractivity contribution in [2.45, 2.75) is 13.5 Å². The summed E-state index contributed by atoms with van der Waals surface area (Å²) in [7, 11) is 1.68. The molecule has 0 aliphatic rings. The number of aromatic nitrogens is 1. The maximum atomic E-state index is 6.06. The standard InChI is InChI=1S/C16H19ClN2O2/c1-12-3-6-15(11-19-12)21-16-9-14(17)5-4-13(16)10-18-7-8-20-2/h3-6,9,11,18H,7-8,10H2,1-2H3. The quantitative estimate of drug-likeness (QED) is 0.794. The minimum absolute atomic E-state index is 0.644. The molecule has 1 N–H and O–H groups in total. The van der Waals surface area contributed by atoms with Crippen molar-refractivity contribution in [1.82, 2.24) is 10.3 Å². The molecule has 2 rings (SSSR count). The second-order valence-corrected chi connectivity index (χ2v) is 5.10. The van der Waals surface area contributed by atoms with E-state index in [-0.39, 0.29) is 0 Å². The zero-order valence-electron chi connectivity index (χ0n) is 12.2. The number of benzene rings is 1. The van der Waals surface area contributed by atoms with Crippen molar-refractivity contribution in [3.63, 3.8) is 0 Å². The molecule has 0 aliphatic carbocycles. The number of pyridine rings is 1. The van der Waals surface area contributed by atoms with Crippen LogP contribution in [0.3, 0.4) is 0 Å². The smallest absolute Gasteiger partial charge is 0.145 e. The van der Waals surface area contributed by atoms with Gasteiger partial charge in [-0.15, -0.1) is 0 Å². The summed E-state index contributed by atoms with van der Waals surface area (Å²) < 4.78 is 10.9. The van der Waals surface area contributed by atoms with Gasteiger partial charge < -0.3 is 14.8 Å². The summed E-state index contributed by atoms with van der Waals surface area (Å²) >= 11 is 6.06. The third-order valence-electron chi connectivity index (χ3n) is 2.94. The fourth-order valence-corrected chi connectivity index (χ4v) is 1.97. The van der Waals surface area contributed by atoms with E-state index in [0.29, 0.717) is 23.9 Å². The number of hydrogen-bond donors (Lipinski definition) is 1. The minimum Gasteiger partial charge on any atom is -0.455 e. The van der Waals surface area contributed by atoms with E-state index in [1.807, 2.05) is 37.3 Å². The van der Waals surface area contributed by atoms with Crippen molar-refractivity contribution in [2.75, 3.05) is 20.3 Å². The lowest BCUT2D eigenvalue weighted by Gasteiger charge is -2.12. The third-order valence-corrected chi connectivity index (χ3v) is 3.17. The van der Waals surface area contributed by atoms with Crippen LogP contribution in [0.4, 0.5) is 0 Å². The van der Waals surface area contributed by atoms with E-state index < -0.39 is 0 Å². The molecule has 2 aromatic rings. The topological polar surface area (TPSA) is 43.4 Å². The molecule has 1 aromatic heterocycles. The number of halogens is 1. The van der Waals surface area contributed by atoms with Crippen LogP contribution in [0, 0.1) is 6.92 Å². The molecule has 112 valence electrons. The Balaban J connectivity index is 2.09. The first-order valence-corrected chi connectivity index (χ1v) is 7.15. The molecule has 0 saturated carbocycles. The molecular formula is C16H19ClN2O2. The zero-order valence-corrected chi connectivity index (χ0v) is 13.0. The molecule has 0 unspecified atom stereocenters. The van der Waals surface area contributed by atoms with Gasteiger partial charge in [0.15, 0.2) is 0 Å². The Hall–Kier alpha value is -1.62. The highest BCUT2D eigenvalue weighted by atomic mass is 35.5. The number of hydrogen-bond acceptors (Lipinski definition) is 4. The van der Waals surface area contributed by atoms with Crippen LogP contribution in [-0.2, 0) is 11.3 Å². The average Bonchev–Trinajstić information content (AvgIpc) is 2.48. The molecule has 0 fully saturated rings. The number of nitrogens with zero attached hydrogens (tertiary/aromatic N) is 1. The van der Waals surface area contributed by atoms with Gasteiger partial charge in [-0.2, -0.15) is 0 Å². The van der Waals surface area contributed by atoms with Crippen LogP contribution < -0.4 is 10.1 Å². The summed E-state index contributed by atoms with van der Waals surface area (Å²) in [5.74, 6) is 1.43. The highest BCUT2D eigenvalue weighted by Crippen LogP contribution is 2.28. The number of aryl methyl sites for hydroxylation is 1. The first-order chi connectivity index (χ1) is 10.2. The highest BCUT2D eigenvalue weighted by Gasteiger charge is 2.06. The maximum Gasteiger partial charge on any atom is 0.145 e. The van der Waals surface area contributed by atoms with Gasteiger partial charge in [0.1, 0.15) is 11.5 Å². The Morgan fingerprint density at radius 3 is 2.81 bits per heavy atom. The van der Waals surface area contributed by atoms with Gasteiger partial charge in [0.2, 0.25) is 0 Å². The Bertz CT molecular complexity index is 573. The van der Waals surface area contributed by atoms with Crippen LogP contribution in [0.2, 0.25) is 5.02 Å². The van der Waals surface area contributed by atoms with Crippen LogP contribution in [-0.4, -0.2) is 25.2 Å². The molecule has 0 radical (unpaired) electrons. The fraction of sp³-hybridized carbons (Fsp3) is 0.312. The predicted molar refractivity (Wildman–Crippen MR) is 84.1 cm³/mol. The van der Waals surface area contributed by atoms with Crippen LogP contribution in [0.25, 0.3) is 0 Å². The SMILES string of the molecule is COCCNCc1ccc(Cl)cc1Oc1ccc(C)nc1. The Morgan fingerprint density at radius 1 is 1.24 bits per heavy atom. The molecule has 0 bridgehead atoms. The summed E-state index contributed by atoms with van der Waals surface area (Å²) in [4.78, 5) is 4.22. The van der Waals surface area contributed by atoms with E-state index in [4.69, 9.17) is 21.1 Å². The summed E-state index contributed by atoms with van der Waals surface area (Å²) in [6.07, 6.45) is 1.71. The zero-order chi connectivity index (χ0) is 15.1. The van der Waals surface area contributed by atoms with Crippen LogP contribution in [0.1, 0.15) is 11.3 Å². The molecule has 1 aromatic carbocycles. The summed E-state index contributed by atoms with van der Waals surface area (Å²) in [6, 6.07) is 9.44. The number of nitrogens with one attached hydrogen (secondary N) is 1. The van der Waals surface area contributed by atoms with Gasteiger partial charge in [0.25, 0.3) is 0 Å². The lowest BCUT2D eigenvalue weighted by molar-refractivity contribution is 0.199. The van der Waals surface area contributed by atoms with Gasteiger partial charge in [0.05, 0.1) is 12.8 Å². The van der Waals surface area contributed by atoms with Gasteiger partial charge in [-0.25, -0.2) is 0 Å². The Kier molecular flexibility index (Phi) is 5.99. The van der Waals surface area contributed by atoms with Crippen molar-refractivity contribution in [3.8, 4) is 11.5 Å². The van der Waals surface area contributed by atoms with Crippen LogP contribution in [0.15, 0.2) is 36.5 Å². The van der Waals surface area contributed by atoms with Gasteiger partial charge in [-0.05, 0) is 31.2 Å². The largest absolute Gasteiger partial charge is 0.455 e. The van der Waals surface area contributed by atoms with E-state index in [2.05, 4.69) is 10.3 Å². The predicted octanol–water partition coefficient (Wildman–Crippen LogP) is 3.57. The molecule has 5 heteroatoms. The third kappa shape index (κ3) is 5.01. The van der Waals surface area contributed by atoms with Crippen LogP contribution >= 0.6 is 11.6 Å². The normalized spacial score (nSPS) is 10.6. The van der Waals surface area contributed by atoms with Crippen molar-refractivity contribution in [2.24, 2.45) is 0 Å². The number of ether oxygens (including phenoxy) is 2. The second kappa shape index (κ2) is 7.98. The van der Waals surface area contributed by atoms with Gasteiger partial charge in [-0.1, -0.05) is 17.7 Å². The summed E-state index contributed by atoms with van der Waals surface area (Å²) in [5, 5.41) is 3.94. The first kappa shape index (κ1) is 15.8. The maximum absolute atomic E-state index is 6.06.